The van der Waals surface area contributed by atoms with E-state index in [1.165, 1.54) is 57.8 Å². The molecule has 2 rings (SSSR count). The summed E-state index contributed by atoms with van der Waals surface area (Å²) in [6, 6.07) is 0.685. The van der Waals surface area contributed by atoms with E-state index in [2.05, 4.69) is 30.9 Å². The molecule has 18 heavy (non-hydrogen) atoms. The van der Waals surface area contributed by atoms with E-state index in [0.717, 1.165) is 5.25 Å². The van der Waals surface area contributed by atoms with Gasteiger partial charge in [0, 0.05) is 17.0 Å². The third-order valence-electron chi connectivity index (χ3n) is 3.91. The van der Waals surface area contributed by atoms with Crippen molar-refractivity contribution in [3.05, 3.63) is 0 Å². The average molecular weight is 284 g/mol. The second-order valence-electron chi connectivity index (χ2n) is 6.94. The van der Waals surface area contributed by atoms with Gasteiger partial charge >= 0.3 is 0 Å². The maximum Gasteiger partial charge on any atom is 0.108 e. The zero-order chi connectivity index (χ0) is 13.0. The van der Waals surface area contributed by atoms with Gasteiger partial charge in [0.15, 0.2) is 0 Å². The van der Waals surface area contributed by atoms with Crippen molar-refractivity contribution in [2.24, 2.45) is 4.99 Å². The lowest BCUT2D eigenvalue weighted by molar-refractivity contribution is 0.441. The van der Waals surface area contributed by atoms with E-state index in [4.69, 9.17) is 4.99 Å². The summed E-state index contributed by atoms with van der Waals surface area (Å²) in [5.74, 6) is 0. The van der Waals surface area contributed by atoms with Crippen LogP contribution in [-0.2, 0) is 0 Å². The normalized spacial score (nSPS) is 29.7. The molecule has 0 bridgehead atoms. The number of hydrogen-bond acceptors (Lipinski definition) is 2. The molecule has 0 aromatic carbocycles. The fourth-order valence-corrected chi connectivity index (χ4v) is 8.35. The van der Waals surface area contributed by atoms with Gasteiger partial charge in [0.1, 0.15) is 7.22 Å². The largest absolute Gasteiger partial charge is 0.291 e. The van der Waals surface area contributed by atoms with Crippen molar-refractivity contribution in [3.63, 3.8) is 0 Å². The molecule has 0 N–H and O–H groups in total. The van der Waals surface area contributed by atoms with E-state index in [9.17, 15) is 0 Å². The van der Waals surface area contributed by atoms with Crippen LogP contribution in [0.5, 0.6) is 0 Å². The molecule has 3 heteroatoms. The Morgan fingerprint density at radius 1 is 1.00 bits per heavy atom. The molecule has 2 aliphatic rings. The second kappa shape index (κ2) is 6.60. The first-order valence-electron chi connectivity index (χ1n) is 7.76. The van der Waals surface area contributed by atoms with Gasteiger partial charge < -0.3 is 0 Å². The molecule has 2 saturated carbocycles. The molecule has 0 spiro atoms. The van der Waals surface area contributed by atoms with Gasteiger partial charge in [-0.25, -0.2) is 0 Å². The summed E-state index contributed by atoms with van der Waals surface area (Å²) in [5, 5.41) is 0.882. The fraction of sp³-hybridized carbons (Fsp3) is 0.933. The van der Waals surface area contributed by atoms with Gasteiger partial charge in [-0.05, 0) is 38.5 Å². The second-order valence-corrected chi connectivity index (χ2v) is 16.4. The molecule has 2 aliphatic carbocycles. The number of nitrogens with zero attached hydrogens (tertiary/aromatic N) is 1. The predicted octanol–water partition coefficient (Wildman–Crippen LogP) is 5.27. The highest BCUT2D eigenvalue weighted by Crippen LogP contribution is 2.34. The van der Waals surface area contributed by atoms with Crippen molar-refractivity contribution in [2.45, 2.75) is 88.7 Å². The molecule has 0 saturated heterocycles. The molecule has 0 aromatic heterocycles. The van der Waals surface area contributed by atoms with E-state index < -0.39 is 7.22 Å². The van der Waals surface area contributed by atoms with Crippen molar-refractivity contribution in [3.8, 4) is 0 Å². The molecule has 2 fully saturated rings. The van der Waals surface area contributed by atoms with Crippen LogP contribution in [0.4, 0.5) is 0 Å². The van der Waals surface area contributed by atoms with E-state index >= 15 is 0 Å². The van der Waals surface area contributed by atoms with Crippen molar-refractivity contribution in [2.75, 3.05) is 0 Å². The van der Waals surface area contributed by atoms with Crippen LogP contribution in [0.25, 0.3) is 0 Å². The van der Waals surface area contributed by atoms with Crippen LogP contribution in [0.2, 0.25) is 19.6 Å². The molecule has 0 amide bonds. The Morgan fingerprint density at radius 2 is 1.72 bits per heavy atom. The van der Waals surface area contributed by atoms with Gasteiger partial charge in [-0.2, -0.15) is 11.2 Å². The minimum atomic E-state index is -0.965. The molecule has 1 unspecified atom stereocenters. The zero-order valence-electron chi connectivity index (χ0n) is 12.4. The van der Waals surface area contributed by atoms with Crippen LogP contribution in [0, 0.1) is 0 Å². The Hall–Kier alpha value is 0.237. The quantitative estimate of drug-likeness (QED) is 0.643. The van der Waals surface area contributed by atoms with Gasteiger partial charge in [0.2, 0.25) is 0 Å². The Kier molecular flexibility index (Phi) is 5.37. The maximum atomic E-state index is 5.09. The smallest absolute Gasteiger partial charge is 0.108 e. The lowest BCUT2D eigenvalue weighted by Gasteiger charge is -2.29. The summed E-state index contributed by atoms with van der Waals surface area (Å²) in [7, 11) is -0.965. The minimum absolute atomic E-state index is 0.685. The van der Waals surface area contributed by atoms with Crippen molar-refractivity contribution >= 4 is 24.1 Å². The van der Waals surface area contributed by atoms with Gasteiger partial charge in [-0.1, -0.05) is 38.9 Å². The van der Waals surface area contributed by atoms with Crippen molar-refractivity contribution in [1.29, 1.82) is 0 Å². The lowest BCUT2D eigenvalue weighted by atomic mass is 9.94. The summed E-state index contributed by atoms with van der Waals surface area (Å²) >= 11 is 2.30. The van der Waals surface area contributed by atoms with Crippen LogP contribution in [0.1, 0.15) is 57.8 Å². The van der Waals surface area contributed by atoms with Crippen LogP contribution < -0.4 is 0 Å². The fourth-order valence-electron chi connectivity index (χ4n) is 3.19. The summed E-state index contributed by atoms with van der Waals surface area (Å²) in [5.41, 5.74) is 1.56. The van der Waals surface area contributed by atoms with Crippen LogP contribution in [-0.4, -0.2) is 24.2 Å². The third-order valence-corrected chi connectivity index (χ3v) is 8.48. The molecule has 1 nitrogen and oxygen atoms in total. The van der Waals surface area contributed by atoms with Crippen molar-refractivity contribution in [1.82, 2.24) is 0 Å². The van der Waals surface area contributed by atoms with Crippen LogP contribution >= 0.6 is 11.2 Å². The monoisotopic (exact) mass is 283 g/mol. The number of hydrogen-bond donors (Lipinski definition) is 0. The van der Waals surface area contributed by atoms with Gasteiger partial charge in [-0.15, -0.1) is 0 Å². The SMILES string of the molecule is C[Si](C)(C)SC1CCCC(=NC2CCCCC2)C1. The highest BCUT2D eigenvalue weighted by molar-refractivity contribution is 8.29. The first-order chi connectivity index (χ1) is 8.53. The standard InChI is InChI=1S/C15H29NSSi/c1-18(2,3)17-15-11-7-10-14(12-15)16-13-8-5-4-6-9-13/h13,15H,4-12H2,1-3H3. The summed E-state index contributed by atoms with van der Waals surface area (Å²) in [6.07, 6.45) is 12.4. The number of rotatable bonds is 3. The first-order valence-corrected chi connectivity index (χ1v) is 12.9. The molecule has 0 aliphatic heterocycles. The third kappa shape index (κ3) is 5.08. The Labute approximate surface area is 118 Å². The van der Waals surface area contributed by atoms with Crippen LogP contribution in [0.15, 0.2) is 4.99 Å². The Morgan fingerprint density at radius 3 is 2.39 bits per heavy atom. The number of aliphatic imine (C=N–C) groups is 1. The summed E-state index contributed by atoms with van der Waals surface area (Å²) in [6.45, 7) is 7.43. The van der Waals surface area contributed by atoms with Crippen molar-refractivity contribution < 1.29 is 0 Å². The van der Waals surface area contributed by atoms with Gasteiger partial charge in [-0.3, -0.25) is 4.99 Å². The first kappa shape index (κ1) is 14.6. The van der Waals surface area contributed by atoms with E-state index in [1.54, 1.807) is 5.71 Å². The molecular weight excluding hydrogens is 254 g/mol. The molecule has 0 radical (unpaired) electrons. The minimum Gasteiger partial charge on any atom is -0.291 e. The Bertz CT molecular complexity index is 289. The average Bonchev–Trinajstić information content (AvgIpc) is 2.28. The highest BCUT2D eigenvalue weighted by Gasteiger charge is 2.25. The van der Waals surface area contributed by atoms with Gasteiger partial charge in [0.25, 0.3) is 0 Å². The highest BCUT2D eigenvalue weighted by atomic mass is 32.4. The predicted molar refractivity (Wildman–Crippen MR) is 87.5 cm³/mol. The zero-order valence-corrected chi connectivity index (χ0v) is 14.2. The van der Waals surface area contributed by atoms with E-state index in [-0.39, 0.29) is 0 Å². The lowest BCUT2D eigenvalue weighted by Crippen LogP contribution is -2.26. The molecule has 0 aromatic rings. The topological polar surface area (TPSA) is 12.4 Å². The molecule has 1 atom stereocenters. The molecule has 0 heterocycles. The molecular formula is C15H29NSSi. The summed E-state index contributed by atoms with van der Waals surface area (Å²) in [4.78, 5) is 5.09. The molecule has 104 valence electrons. The van der Waals surface area contributed by atoms with E-state index in [1.807, 2.05) is 0 Å². The Balaban J connectivity index is 1.87. The van der Waals surface area contributed by atoms with E-state index in [0.29, 0.717) is 6.04 Å². The van der Waals surface area contributed by atoms with Crippen LogP contribution in [0.3, 0.4) is 0 Å². The summed E-state index contributed by atoms with van der Waals surface area (Å²) < 4.78 is 0. The van der Waals surface area contributed by atoms with Gasteiger partial charge in [0.05, 0.1) is 0 Å². The maximum absolute atomic E-state index is 5.09.